The number of nitrogens with zero attached hydrogens (tertiary/aromatic N) is 3. The molecule has 16 heavy (non-hydrogen) atoms. The fraction of sp³-hybridized carbons (Fsp3) is 0.615. The second kappa shape index (κ2) is 4.83. The Balaban J connectivity index is 1.99. The van der Waals surface area contributed by atoms with E-state index in [0.717, 1.165) is 26.2 Å². The standard InChI is InChI=1S/C13H21N3/c1-11(2)15-4-6-16(7-5-15)13-8-12(3)9-14-10-13/h8-11H,4-7H2,1-3H3. The van der Waals surface area contributed by atoms with Crippen LogP contribution in [-0.2, 0) is 0 Å². The summed E-state index contributed by atoms with van der Waals surface area (Å²) in [6.07, 6.45) is 3.88. The van der Waals surface area contributed by atoms with Crippen molar-refractivity contribution in [3.8, 4) is 0 Å². The lowest BCUT2D eigenvalue weighted by Crippen LogP contribution is -2.48. The Morgan fingerprint density at radius 3 is 2.38 bits per heavy atom. The summed E-state index contributed by atoms with van der Waals surface area (Å²) < 4.78 is 0. The number of aromatic nitrogens is 1. The summed E-state index contributed by atoms with van der Waals surface area (Å²) >= 11 is 0. The maximum Gasteiger partial charge on any atom is 0.0556 e. The SMILES string of the molecule is Cc1cncc(N2CCN(C(C)C)CC2)c1. The van der Waals surface area contributed by atoms with Gasteiger partial charge in [0.15, 0.2) is 0 Å². The van der Waals surface area contributed by atoms with E-state index in [0.29, 0.717) is 6.04 Å². The van der Waals surface area contributed by atoms with Crippen molar-refractivity contribution in [1.82, 2.24) is 9.88 Å². The Bertz CT molecular complexity index is 341. The highest BCUT2D eigenvalue weighted by Crippen LogP contribution is 2.17. The van der Waals surface area contributed by atoms with Crippen molar-refractivity contribution < 1.29 is 0 Å². The smallest absolute Gasteiger partial charge is 0.0556 e. The maximum atomic E-state index is 4.26. The molecule has 0 aromatic carbocycles. The van der Waals surface area contributed by atoms with Crippen LogP contribution in [0.25, 0.3) is 0 Å². The Morgan fingerprint density at radius 1 is 1.12 bits per heavy atom. The molecule has 2 heterocycles. The summed E-state index contributed by atoms with van der Waals surface area (Å²) in [6.45, 7) is 11.2. The minimum atomic E-state index is 0.665. The Hall–Kier alpha value is -1.09. The molecule has 0 atom stereocenters. The molecule has 0 bridgehead atoms. The van der Waals surface area contributed by atoms with Gasteiger partial charge in [0.25, 0.3) is 0 Å². The minimum Gasteiger partial charge on any atom is -0.368 e. The van der Waals surface area contributed by atoms with E-state index in [-0.39, 0.29) is 0 Å². The molecule has 0 aliphatic carbocycles. The molecule has 0 N–H and O–H groups in total. The van der Waals surface area contributed by atoms with E-state index in [1.54, 1.807) is 0 Å². The lowest BCUT2D eigenvalue weighted by atomic mass is 10.2. The van der Waals surface area contributed by atoms with Crippen LogP contribution in [0, 0.1) is 6.92 Å². The van der Waals surface area contributed by atoms with Crippen LogP contribution in [0.15, 0.2) is 18.5 Å². The Kier molecular flexibility index (Phi) is 3.44. The molecular weight excluding hydrogens is 198 g/mol. The van der Waals surface area contributed by atoms with E-state index in [9.17, 15) is 0 Å². The number of anilines is 1. The van der Waals surface area contributed by atoms with Crippen molar-refractivity contribution >= 4 is 5.69 Å². The van der Waals surface area contributed by atoms with Crippen molar-refractivity contribution in [1.29, 1.82) is 0 Å². The monoisotopic (exact) mass is 219 g/mol. The van der Waals surface area contributed by atoms with E-state index in [4.69, 9.17) is 0 Å². The summed E-state index contributed by atoms with van der Waals surface area (Å²) in [4.78, 5) is 9.22. The van der Waals surface area contributed by atoms with Crippen LogP contribution in [0.4, 0.5) is 5.69 Å². The van der Waals surface area contributed by atoms with Gasteiger partial charge in [-0.05, 0) is 32.4 Å². The third-order valence-corrected chi connectivity index (χ3v) is 3.27. The molecule has 1 aliphatic heterocycles. The zero-order valence-corrected chi connectivity index (χ0v) is 10.5. The van der Waals surface area contributed by atoms with Crippen LogP contribution in [0.5, 0.6) is 0 Å². The third-order valence-electron chi connectivity index (χ3n) is 3.27. The molecule has 1 fully saturated rings. The second-order valence-corrected chi connectivity index (χ2v) is 4.84. The first-order chi connectivity index (χ1) is 7.66. The fourth-order valence-electron chi connectivity index (χ4n) is 2.21. The van der Waals surface area contributed by atoms with E-state index in [2.05, 4.69) is 41.6 Å². The predicted octanol–water partition coefficient (Wildman–Crippen LogP) is 1.92. The summed E-state index contributed by atoms with van der Waals surface area (Å²) in [5.74, 6) is 0. The first kappa shape index (κ1) is 11.4. The molecule has 3 heteroatoms. The van der Waals surface area contributed by atoms with Crippen LogP contribution in [0.2, 0.25) is 0 Å². The second-order valence-electron chi connectivity index (χ2n) is 4.84. The zero-order valence-electron chi connectivity index (χ0n) is 10.5. The molecule has 2 rings (SSSR count). The van der Waals surface area contributed by atoms with E-state index >= 15 is 0 Å². The van der Waals surface area contributed by atoms with Gasteiger partial charge < -0.3 is 4.90 Å². The van der Waals surface area contributed by atoms with Crippen molar-refractivity contribution in [2.45, 2.75) is 26.8 Å². The molecule has 0 spiro atoms. The quantitative estimate of drug-likeness (QED) is 0.757. The van der Waals surface area contributed by atoms with Crippen LogP contribution >= 0.6 is 0 Å². The van der Waals surface area contributed by atoms with Gasteiger partial charge in [-0.3, -0.25) is 9.88 Å². The van der Waals surface area contributed by atoms with Crippen molar-refractivity contribution in [3.05, 3.63) is 24.0 Å². The van der Waals surface area contributed by atoms with Crippen molar-refractivity contribution in [2.75, 3.05) is 31.1 Å². The largest absolute Gasteiger partial charge is 0.368 e. The highest BCUT2D eigenvalue weighted by Gasteiger charge is 2.18. The van der Waals surface area contributed by atoms with Gasteiger partial charge in [0.2, 0.25) is 0 Å². The van der Waals surface area contributed by atoms with Crippen LogP contribution in [-0.4, -0.2) is 42.1 Å². The van der Waals surface area contributed by atoms with Gasteiger partial charge in [-0.1, -0.05) is 0 Å². The van der Waals surface area contributed by atoms with Crippen molar-refractivity contribution in [2.24, 2.45) is 0 Å². The zero-order chi connectivity index (χ0) is 11.5. The van der Waals surface area contributed by atoms with E-state index < -0.39 is 0 Å². The molecule has 1 aromatic rings. The normalized spacial score (nSPS) is 18.1. The summed E-state index contributed by atoms with van der Waals surface area (Å²) in [5.41, 5.74) is 2.51. The number of hydrogen-bond acceptors (Lipinski definition) is 3. The van der Waals surface area contributed by atoms with Gasteiger partial charge in [-0.25, -0.2) is 0 Å². The molecule has 1 aromatic heterocycles. The first-order valence-electron chi connectivity index (χ1n) is 6.07. The maximum absolute atomic E-state index is 4.26. The number of piperazine rings is 1. The van der Waals surface area contributed by atoms with E-state index in [1.165, 1.54) is 11.3 Å². The third kappa shape index (κ3) is 2.53. The van der Waals surface area contributed by atoms with Gasteiger partial charge in [0.05, 0.1) is 11.9 Å². The number of aryl methyl sites for hydroxylation is 1. The Morgan fingerprint density at radius 2 is 1.81 bits per heavy atom. The predicted molar refractivity (Wildman–Crippen MR) is 67.9 cm³/mol. The lowest BCUT2D eigenvalue weighted by molar-refractivity contribution is 0.209. The molecule has 0 unspecified atom stereocenters. The highest BCUT2D eigenvalue weighted by molar-refractivity contribution is 5.46. The fourth-order valence-corrected chi connectivity index (χ4v) is 2.21. The van der Waals surface area contributed by atoms with E-state index in [1.807, 2.05) is 12.4 Å². The first-order valence-corrected chi connectivity index (χ1v) is 6.07. The van der Waals surface area contributed by atoms with Gasteiger partial charge >= 0.3 is 0 Å². The number of hydrogen-bond donors (Lipinski definition) is 0. The number of rotatable bonds is 2. The lowest BCUT2D eigenvalue weighted by Gasteiger charge is -2.38. The van der Waals surface area contributed by atoms with Crippen LogP contribution < -0.4 is 4.90 Å². The number of pyridine rings is 1. The molecule has 1 saturated heterocycles. The summed E-state index contributed by atoms with van der Waals surface area (Å²) in [5, 5.41) is 0. The molecule has 88 valence electrons. The average Bonchev–Trinajstić information content (AvgIpc) is 2.29. The molecule has 1 aliphatic rings. The molecular formula is C13H21N3. The summed E-state index contributed by atoms with van der Waals surface area (Å²) in [6, 6.07) is 2.88. The van der Waals surface area contributed by atoms with Crippen LogP contribution in [0.3, 0.4) is 0 Å². The molecule has 0 saturated carbocycles. The van der Waals surface area contributed by atoms with Crippen molar-refractivity contribution in [3.63, 3.8) is 0 Å². The van der Waals surface area contributed by atoms with Gasteiger partial charge in [0, 0.05) is 38.4 Å². The Labute approximate surface area is 98.1 Å². The molecule has 3 nitrogen and oxygen atoms in total. The van der Waals surface area contributed by atoms with Gasteiger partial charge in [-0.15, -0.1) is 0 Å². The van der Waals surface area contributed by atoms with Gasteiger partial charge in [0.1, 0.15) is 0 Å². The topological polar surface area (TPSA) is 19.4 Å². The van der Waals surface area contributed by atoms with Crippen LogP contribution in [0.1, 0.15) is 19.4 Å². The average molecular weight is 219 g/mol. The summed E-state index contributed by atoms with van der Waals surface area (Å²) in [7, 11) is 0. The molecule has 0 amide bonds. The van der Waals surface area contributed by atoms with Gasteiger partial charge in [-0.2, -0.15) is 0 Å². The molecule has 0 radical (unpaired) electrons. The minimum absolute atomic E-state index is 0.665. The highest BCUT2D eigenvalue weighted by atomic mass is 15.3.